The zero-order valence-corrected chi connectivity index (χ0v) is 16.8. The molecule has 0 N–H and O–H groups in total. The maximum absolute atomic E-state index is 11.9. The summed E-state index contributed by atoms with van der Waals surface area (Å²) in [5, 5.41) is 1.69. The van der Waals surface area contributed by atoms with E-state index in [-0.39, 0.29) is 5.97 Å². The van der Waals surface area contributed by atoms with Gasteiger partial charge in [0.15, 0.2) is 0 Å². The normalized spacial score (nSPS) is 11.5. The highest BCUT2D eigenvalue weighted by atomic mass is 16.5. The van der Waals surface area contributed by atoms with E-state index in [2.05, 4.69) is 0 Å². The van der Waals surface area contributed by atoms with E-state index >= 15 is 0 Å². The summed E-state index contributed by atoms with van der Waals surface area (Å²) in [7, 11) is 1.64. The van der Waals surface area contributed by atoms with Crippen molar-refractivity contribution in [2.75, 3.05) is 13.7 Å². The van der Waals surface area contributed by atoms with Crippen LogP contribution in [-0.4, -0.2) is 19.7 Å². The number of para-hydroxylation sites is 1. The van der Waals surface area contributed by atoms with Crippen molar-refractivity contribution >= 4 is 22.6 Å². The molecule has 0 bridgehead atoms. The Kier molecular flexibility index (Phi) is 5.61. The molecule has 0 unspecified atom stereocenters. The first-order valence-electron chi connectivity index (χ1n) is 9.67. The van der Waals surface area contributed by atoms with Gasteiger partial charge in [-0.1, -0.05) is 12.1 Å². The Morgan fingerprint density at radius 2 is 1.70 bits per heavy atom. The summed E-state index contributed by atoms with van der Waals surface area (Å²) in [5.74, 6) is 1.15. The van der Waals surface area contributed by atoms with Crippen molar-refractivity contribution < 1.29 is 18.7 Å². The van der Waals surface area contributed by atoms with Gasteiger partial charge in [-0.2, -0.15) is 0 Å². The van der Waals surface area contributed by atoms with E-state index in [9.17, 15) is 4.79 Å². The predicted molar refractivity (Wildman–Crippen MR) is 116 cm³/mol. The number of rotatable bonds is 5. The standard InChI is InChI=1S/C25H21NO4/c1-3-29-25(27)18-8-12-19(13-9-18)26-22-16-24(17-10-14-20(28-2)15-11-17)30-23-7-5-4-6-21(22)23/h4-16H,3H2,1-2H3. The summed E-state index contributed by atoms with van der Waals surface area (Å²) in [6.07, 6.45) is 0. The molecule has 30 heavy (non-hydrogen) atoms. The molecule has 1 heterocycles. The van der Waals surface area contributed by atoms with Crippen LogP contribution in [0.5, 0.6) is 5.75 Å². The van der Waals surface area contributed by atoms with Gasteiger partial charge in [0.2, 0.25) is 0 Å². The fourth-order valence-corrected chi connectivity index (χ4v) is 3.13. The lowest BCUT2D eigenvalue weighted by Gasteiger charge is -2.06. The first-order chi connectivity index (χ1) is 14.7. The molecule has 4 aromatic rings. The average Bonchev–Trinajstić information content (AvgIpc) is 2.79. The minimum atomic E-state index is -0.338. The van der Waals surface area contributed by atoms with Crippen molar-refractivity contribution in [1.29, 1.82) is 0 Å². The lowest BCUT2D eigenvalue weighted by Crippen LogP contribution is -2.04. The Bertz CT molecular complexity index is 1240. The fraction of sp³-hybridized carbons (Fsp3) is 0.120. The number of methoxy groups -OCH3 is 1. The van der Waals surface area contributed by atoms with Crippen molar-refractivity contribution in [3.8, 4) is 17.1 Å². The molecular formula is C25H21NO4. The molecule has 0 fully saturated rings. The zero-order chi connectivity index (χ0) is 20.9. The number of esters is 1. The lowest BCUT2D eigenvalue weighted by atomic mass is 10.1. The molecule has 3 aromatic carbocycles. The summed E-state index contributed by atoms with van der Waals surface area (Å²) in [4.78, 5) is 16.7. The molecule has 0 aliphatic carbocycles. The van der Waals surface area contributed by atoms with Gasteiger partial charge in [0.1, 0.15) is 17.1 Å². The molecular weight excluding hydrogens is 378 g/mol. The highest BCUT2D eigenvalue weighted by Crippen LogP contribution is 2.25. The summed E-state index contributed by atoms with van der Waals surface area (Å²) < 4.78 is 16.4. The third kappa shape index (κ3) is 4.10. The molecule has 0 atom stereocenters. The number of nitrogens with zero attached hydrogens (tertiary/aromatic N) is 1. The molecule has 0 radical (unpaired) electrons. The Balaban J connectivity index is 1.80. The van der Waals surface area contributed by atoms with Crippen molar-refractivity contribution in [3.63, 3.8) is 0 Å². The van der Waals surface area contributed by atoms with Gasteiger partial charge in [0, 0.05) is 17.0 Å². The molecule has 150 valence electrons. The van der Waals surface area contributed by atoms with Gasteiger partial charge in [-0.15, -0.1) is 0 Å². The smallest absolute Gasteiger partial charge is 0.338 e. The van der Waals surface area contributed by atoms with E-state index < -0.39 is 0 Å². The van der Waals surface area contributed by atoms with Crippen LogP contribution in [0, 0.1) is 0 Å². The number of fused-ring (bicyclic) bond motifs is 1. The van der Waals surface area contributed by atoms with Crippen LogP contribution in [0.4, 0.5) is 5.69 Å². The second-order valence-corrected chi connectivity index (χ2v) is 6.60. The minimum Gasteiger partial charge on any atom is -0.497 e. The first kappa shape index (κ1) is 19.5. The van der Waals surface area contributed by atoms with Crippen LogP contribution in [0.15, 0.2) is 88.3 Å². The number of ether oxygens (including phenoxy) is 2. The highest BCUT2D eigenvalue weighted by molar-refractivity contribution is 5.89. The third-order valence-electron chi connectivity index (χ3n) is 4.65. The maximum Gasteiger partial charge on any atom is 0.338 e. The van der Waals surface area contributed by atoms with Gasteiger partial charge in [-0.25, -0.2) is 9.79 Å². The molecule has 0 saturated heterocycles. The molecule has 1 aromatic heterocycles. The second kappa shape index (κ2) is 8.66. The summed E-state index contributed by atoms with van der Waals surface area (Å²) in [5.41, 5.74) is 2.91. The van der Waals surface area contributed by atoms with Gasteiger partial charge < -0.3 is 13.9 Å². The Morgan fingerprint density at radius 1 is 0.967 bits per heavy atom. The van der Waals surface area contributed by atoms with Crippen LogP contribution >= 0.6 is 0 Å². The fourth-order valence-electron chi connectivity index (χ4n) is 3.13. The summed E-state index contributed by atoms with van der Waals surface area (Å²) >= 11 is 0. The van der Waals surface area contributed by atoms with Crippen LogP contribution in [0.25, 0.3) is 22.3 Å². The van der Waals surface area contributed by atoms with Crippen LogP contribution in [0.1, 0.15) is 17.3 Å². The largest absolute Gasteiger partial charge is 0.497 e. The van der Waals surface area contributed by atoms with Gasteiger partial charge in [-0.3, -0.25) is 0 Å². The molecule has 0 aliphatic rings. The topological polar surface area (TPSA) is 61.0 Å². The molecule has 4 rings (SSSR count). The van der Waals surface area contributed by atoms with Gasteiger partial charge in [0.25, 0.3) is 0 Å². The maximum atomic E-state index is 11.9. The van der Waals surface area contributed by atoms with Crippen molar-refractivity contribution in [1.82, 2.24) is 0 Å². The van der Waals surface area contributed by atoms with Crippen molar-refractivity contribution in [2.24, 2.45) is 4.99 Å². The van der Waals surface area contributed by atoms with Gasteiger partial charge >= 0.3 is 5.97 Å². The molecule has 5 nitrogen and oxygen atoms in total. The Morgan fingerprint density at radius 3 is 2.40 bits per heavy atom. The first-order valence-corrected chi connectivity index (χ1v) is 9.67. The molecule has 5 heteroatoms. The minimum absolute atomic E-state index is 0.338. The van der Waals surface area contributed by atoms with Crippen molar-refractivity contribution in [3.05, 3.63) is 89.8 Å². The summed E-state index contributed by atoms with van der Waals surface area (Å²) in [6, 6.07) is 24.4. The van der Waals surface area contributed by atoms with E-state index in [0.29, 0.717) is 17.9 Å². The van der Waals surface area contributed by atoms with Crippen LogP contribution < -0.4 is 10.1 Å². The van der Waals surface area contributed by atoms with Crippen LogP contribution in [-0.2, 0) is 4.74 Å². The number of benzene rings is 3. The van der Waals surface area contributed by atoms with Gasteiger partial charge in [-0.05, 0) is 67.6 Å². The molecule has 0 amide bonds. The van der Waals surface area contributed by atoms with E-state index in [1.807, 2.05) is 54.6 Å². The number of carbonyl (C=O) groups excluding carboxylic acids is 1. The predicted octanol–water partition coefficient (Wildman–Crippen LogP) is 5.52. The van der Waals surface area contributed by atoms with Crippen LogP contribution in [0.2, 0.25) is 0 Å². The molecule has 0 aliphatic heterocycles. The SMILES string of the molecule is CCOC(=O)c1ccc(N=c2cc(-c3ccc(OC)cc3)oc3ccccc23)cc1. The number of carbonyl (C=O) groups is 1. The monoisotopic (exact) mass is 399 g/mol. The molecule has 0 saturated carbocycles. The highest BCUT2D eigenvalue weighted by Gasteiger charge is 2.08. The lowest BCUT2D eigenvalue weighted by molar-refractivity contribution is 0.0526. The average molecular weight is 399 g/mol. The van der Waals surface area contributed by atoms with Gasteiger partial charge in [0.05, 0.1) is 30.3 Å². The zero-order valence-electron chi connectivity index (χ0n) is 16.8. The van der Waals surface area contributed by atoms with E-state index in [0.717, 1.165) is 33.3 Å². The third-order valence-corrected chi connectivity index (χ3v) is 4.65. The van der Waals surface area contributed by atoms with E-state index in [1.165, 1.54) is 0 Å². The van der Waals surface area contributed by atoms with Crippen LogP contribution in [0.3, 0.4) is 0 Å². The number of hydrogen-bond donors (Lipinski definition) is 0. The van der Waals surface area contributed by atoms with E-state index in [1.54, 1.807) is 38.3 Å². The van der Waals surface area contributed by atoms with Crippen molar-refractivity contribution in [2.45, 2.75) is 6.92 Å². The van der Waals surface area contributed by atoms with E-state index in [4.69, 9.17) is 18.9 Å². The summed E-state index contributed by atoms with van der Waals surface area (Å²) in [6.45, 7) is 2.13. The quantitative estimate of drug-likeness (QED) is 0.415. The Hall–Kier alpha value is -3.86. The second-order valence-electron chi connectivity index (χ2n) is 6.60. The number of hydrogen-bond acceptors (Lipinski definition) is 5. The molecule has 0 spiro atoms. The Labute approximate surface area is 174 Å².